The van der Waals surface area contributed by atoms with E-state index in [4.69, 9.17) is 9.47 Å². The maximum absolute atomic E-state index is 9.23. The van der Waals surface area contributed by atoms with Crippen molar-refractivity contribution in [3.8, 4) is 6.07 Å². The smallest absolute Gasteiger partial charge is 0.146 e. The minimum absolute atomic E-state index is 0.198. The van der Waals surface area contributed by atoms with E-state index in [1.54, 1.807) is 13.3 Å². The average Bonchev–Trinajstić information content (AvgIpc) is 2.87. The van der Waals surface area contributed by atoms with Gasteiger partial charge in [0.1, 0.15) is 11.9 Å². The highest BCUT2D eigenvalue weighted by molar-refractivity contribution is 5.57. The van der Waals surface area contributed by atoms with Crippen molar-refractivity contribution in [1.29, 1.82) is 5.26 Å². The molecule has 1 aromatic rings. The Balaban J connectivity index is 2.01. The Bertz CT molecular complexity index is 470. The predicted molar refractivity (Wildman–Crippen MR) is 72.1 cm³/mol. The Kier molecular flexibility index (Phi) is 4.72. The molecule has 5 heteroatoms. The molecule has 1 atom stereocenters. The van der Waals surface area contributed by atoms with Gasteiger partial charge in [0.05, 0.1) is 24.9 Å². The number of rotatable bonds is 5. The summed E-state index contributed by atoms with van der Waals surface area (Å²) in [5, 5.41) is 9.23. The fraction of sp³-hybridized carbons (Fsp3) is 0.571. The number of hydrogen-bond acceptors (Lipinski definition) is 5. The normalized spacial score (nSPS) is 18.6. The van der Waals surface area contributed by atoms with Gasteiger partial charge in [-0.25, -0.2) is 4.98 Å². The summed E-state index contributed by atoms with van der Waals surface area (Å²) >= 11 is 0. The van der Waals surface area contributed by atoms with Gasteiger partial charge in [-0.3, -0.25) is 0 Å². The molecule has 0 aromatic carbocycles. The van der Waals surface area contributed by atoms with E-state index in [1.165, 1.54) is 0 Å². The number of hydrogen-bond donors (Lipinski definition) is 0. The van der Waals surface area contributed by atoms with E-state index in [-0.39, 0.29) is 6.10 Å². The van der Waals surface area contributed by atoms with Crippen LogP contribution in [-0.4, -0.2) is 44.5 Å². The van der Waals surface area contributed by atoms with Gasteiger partial charge in [-0.05, 0) is 25.0 Å². The standard InChI is InChI=1S/C14H19N3O2/c1-11-3-5-16-14(13(11)9-15)17-6-4-12(10-17)19-8-7-18-2/h3,5,12H,4,6-8,10H2,1-2H3. The molecule has 0 amide bonds. The van der Waals surface area contributed by atoms with Gasteiger partial charge in [-0.2, -0.15) is 5.26 Å². The molecule has 0 aliphatic carbocycles. The third kappa shape index (κ3) is 3.22. The summed E-state index contributed by atoms with van der Waals surface area (Å²) in [6.07, 6.45) is 2.92. The molecule has 0 radical (unpaired) electrons. The summed E-state index contributed by atoms with van der Waals surface area (Å²) in [7, 11) is 1.67. The highest BCUT2D eigenvalue weighted by atomic mass is 16.5. The van der Waals surface area contributed by atoms with Gasteiger partial charge in [-0.1, -0.05) is 0 Å². The summed E-state index contributed by atoms with van der Waals surface area (Å²) in [5.74, 6) is 0.778. The molecule has 102 valence electrons. The van der Waals surface area contributed by atoms with Crippen LogP contribution in [0.15, 0.2) is 12.3 Å². The lowest BCUT2D eigenvalue weighted by Gasteiger charge is -2.19. The molecule has 0 N–H and O–H groups in total. The minimum atomic E-state index is 0.198. The summed E-state index contributed by atoms with van der Waals surface area (Å²) in [6.45, 7) is 4.83. The van der Waals surface area contributed by atoms with Crippen molar-refractivity contribution < 1.29 is 9.47 Å². The molecule has 5 nitrogen and oxygen atoms in total. The maximum atomic E-state index is 9.23. The molecule has 1 saturated heterocycles. The van der Waals surface area contributed by atoms with Crippen LogP contribution in [-0.2, 0) is 9.47 Å². The second kappa shape index (κ2) is 6.50. The van der Waals surface area contributed by atoms with E-state index in [2.05, 4.69) is 16.0 Å². The van der Waals surface area contributed by atoms with Crippen LogP contribution in [0, 0.1) is 18.3 Å². The van der Waals surface area contributed by atoms with E-state index in [9.17, 15) is 5.26 Å². The fourth-order valence-electron chi connectivity index (χ4n) is 2.28. The first-order valence-corrected chi connectivity index (χ1v) is 6.47. The third-order valence-corrected chi connectivity index (χ3v) is 3.34. The summed E-state index contributed by atoms with van der Waals surface area (Å²) in [6, 6.07) is 4.11. The number of aromatic nitrogens is 1. The molecule has 0 bridgehead atoms. The van der Waals surface area contributed by atoms with Crippen molar-refractivity contribution >= 4 is 5.82 Å². The van der Waals surface area contributed by atoms with E-state index in [0.29, 0.717) is 18.8 Å². The monoisotopic (exact) mass is 261 g/mol. The van der Waals surface area contributed by atoms with Crippen molar-refractivity contribution in [2.75, 3.05) is 38.3 Å². The number of ether oxygens (including phenoxy) is 2. The van der Waals surface area contributed by atoms with Crippen molar-refractivity contribution in [2.45, 2.75) is 19.4 Å². The van der Waals surface area contributed by atoms with Gasteiger partial charge in [-0.15, -0.1) is 0 Å². The number of pyridine rings is 1. The molecular weight excluding hydrogens is 242 g/mol. The second-order valence-electron chi connectivity index (χ2n) is 4.66. The molecular formula is C14H19N3O2. The predicted octanol–water partition coefficient (Wildman–Crippen LogP) is 1.50. The van der Waals surface area contributed by atoms with E-state index >= 15 is 0 Å². The largest absolute Gasteiger partial charge is 0.382 e. The first-order valence-electron chi connectivity index (χ1n) is 6.47. The van der Waals surface area contributed by atoms with Crippen LogP contribution in [0.3, 0.4) is 0 Å². The first-order chi connectivity index (χ1) is 9.26. The Morgan fingerprint density at radius 2 is 2.37 bits per heavy atom. The van der Waals surface area contributed by atoms with Crippen LogP contribution >= 0.6 is 0 Å². The van der Waals surface area contributed by atoms with Gasteiger partial charge in [0.25, 0.3) is 0 Å². The van der Waals surface area contributed by atoms with Gasteiger partial charge in [0.15, 0.2) is 0 Å². The molecule has 2 heterocycles. The zero-order valence-corrected chi connectivity index (χ0v) is 11.4. The van der Waals surface area contributed by atoms with Gasteiger partial charge in [0.2, 0.25) is 0 Å². The molecule has 1 aromatic heterocycles. The maximum Gasteiger partial charge on any atom is 0.146 e. The van der Waals surface area contributed by atoms with Crippen LogP contribution in [0.5, 0.6) is 0 Å². The Labute approximate surface area is 113 Å². The SMILES string of the molecule is COCCOC1CCN(c2nccc(C)c2C#N)C1. The molecule has 2 rings (SSSR count). The van der Waals surface area contributed by atoms with E-state index < -0.39 is 0 Å². The quantitative estimate of drug-likeness (QED) is 0.752. The first kappa shape index (κ1) is 13.8. The zero-order valence-electron chi connectivity index (χ0n) is 11.4. The number of methoxy groups -OCH3 is 1. The molecule has 1 aliphatic heterocycles. The van der Waals surface area contributed by atoms with Gasteiger partial charge in [0, 0.05) is 26.4 Å². The Hall–Kier alpha value is -1.64. The topological polar surface area (TPSA) is 58.4 Å². The number of nitriles is 1. The number of aryl methyl sites for hydroxylation is 1. The number of nitrogens with zero attached hydrogens (tertiary/aromatic N) is 3. The Morgan fingerprint density at radius 1 is 1.53 bits per heavy atom. The lowest BCUT2D eigenvalue weighted by Crippen LogP contribution is -2.25. The number of anilines is 1. The summed E-state index contributed by atoms with van der Waals surface area (Å²) in [4.78, 5) is 6.47. The molecule has 1 fully saturated rings. The molecule has 0 saturated carbocycles. The van der Waals surface area contributed by atoms with E-state index in [0.717, 1.165) is 30.9 Å². The van der Waals surface area contributed by atoms with Crippen molar-refractivity contribution in [3.63, 3.8) is 0 Å². The van der Waals surface area contributed by atoms with Crippen molar-refractivity contribution in [2.24, 2.45) is 0 Å². The van der Waals surface area contributed by atoms with Crippen LogP contribution in [0.2, 0.25) is 0 Å². The minimum Gasteiger partial charge on any atom is -0.382 e. The molecule has 0 spiro atoms. The van der Waals surface area contributed by atoms with Crippen LogP contribution in [0.4, 0.5) is 5.82 Å². The fourth-order valence-corrected chi connectivity index (χ4v) is 2.28. The van der Waals surface area contributed by atoms with E-state index in [1.807, 2.05) is 13.0 Å². The molecule has 1 aliphatic rings. The molecule has 19 heavy (non-hydrogen) atoms. The highest BCUT2D eigenvalue weighted by Gasteiger charge is 2.26. The van der Waals surface area contributed by atoms with Crippen LogP contribution < -0.4 is 4.90 Å². The van der Waals surface area contributed by atoms with Crippen LogP contribution in [0.1, 0.15) is 17.5 Å². The van der Waals surface area contributed by atoms with Gasteiger partial charge >= 0.3 is 0 Å². The highest BCUT2D eigenvalue weighted by Crippen LogP contribution is 2.24. The van der Waals surface area contributed by atoms with Gasteiger partial charge < -0.3 is 14.4 Å². The second-order valence-corrected chi connectivity index (χ2v) is 4.66. The molecule has 1 unspecified atom stereocenters. The lowest BCUT2D eigenvalue weighted by molar-refractivity contribution is 0.0280. The summed E-state index contributed by atoms with van der Waals surface area (Å²) in [5.41, 5.74) is 1.64. The average molecular weight is 261 g/mol. The summed E-state index contributed by atoms with van der Waals surface area (Å²) < 4.78 is 10.7. The van der Waals surface area contributed by atoms with Crippen LogP contribution in [0.25, 0.3) is 0 Å². The zero-order chi connectivity index (χ0) is 13.7. The lowest BCUT2D eigenvalue weighted by atomic mass is 10.1. The van der Waals surface area contributed by atoms with Crippen molar-refractivity contribution in [3.05, 3.63) is 23.4 Å². The Morgan fingerprint density at radius 3 is 3.11 bits per heavy atom. The van der Waals surface area contributed by atoms with Crippen molar-refractivity contribution in [1.82, 2.24) is 4.98 Å². The third-order valence-electron chi connectivity index (χ3n) is 3.34.